The maximum absolute atomic E-state index is 11.0. The smallest absolute Gasteiger partial charge is 0.195 e. The highest BCUT2D eigenvalue weighted by Gasteiger charge is 2.18. The van der Waals surface area contributed by atoms with Gasteiger partial charge in [0.15, 0.2) is 11.2 Å². The number of rotatable bonds is 4. The Morgan fingerprint density at radius 2 is 2.38 bits per heavy atom. The molecule has 16 heavy (non-hydrogen) atoms. The van der Waals surface area contributed by atoms with Gasteiger partial charge in [-0.25, -0.2) is 4.98 Å². The van der Waals surface area contributed by atoms with E-state index in [1.807, 2.05) is 18.5 Å². The van der Waals surface area contributed by atoms with Crippen LogP contribution in [0.25, 0.3) is 4.96 Å². The molecule has 0 amide bonds. The first-order valence-electron chi connectivity index (χ1n) is 4.89. The highest BCUT2D eigenvalue weighted by Crippen LogP contribution is 2.29. The number of thioether (sulfide) groups is 1. The lowest BCUT2D eigenvalue weighted by Gasteiger charge is -2.12. The Labute approximate surface area is 101 Å². The predicted molar refractivity (Wildman–Crippen MR) is 65.5 cm³/mol. The molecule has 2 aromatic rings. The van der Waals surface area contributed by atoms with Gasteiger partial charge in [-0.3, -0.25) is 9.20 Å². The molecule has 0 fully saturated rings. The van der Waals surface area contributed by atoms with Gasteiger partial charge in [-0.1, -0.05) is 18.7 Å². The number of carbonyl (C=O) groups excluding carboxylic acids is 1. The third kappa shape index (κ3) is 2.00. The molecule has 4 nitrogen and oxygen atoms in total. The summed E-state index contributed by atoms with van der Waals surface area (Å²) in [6.07, 6.45) is 2.21. The van der Waals surface area contributed by atoms with Gasteiger partial charge in [0.25, 0.3) is 0 Å². The maximum atomic E-state index is 11.0. The average Bonchev–Trinajstić information content (AvgIpc) is 2.77. The third-order valence-electron chi connectivity index (χ3n) is 2.35. The van der Waals surface area contributed by atoms with E-state index in [-0.39, 0.29) is 5.25 Å². The van der Waals surface area contributed by atoms with Crippen molar-refractivity contribution >= 4 is 34.3 Å². The van der Waals surface area contributed by atoms with Crippen molar-refractivity contribution < 1.29 is 9.90 Å². The molecule has 0 saturated heterocycles. The molecule has 1 N–H and O–H groups in total. The molecule has 0 aromatic carbocycles. The number of imidazole rings is 1. The summed E-state index contributed by atoms with van der Waals surface area (Å²) in [5, 5.41) is 12.0. The Hall–Kier alpha value is -0.850. The van der Waals surface area contributed by atoms with E-state index >= 15 is 0 Å². The molecule has 0 aliphatic heterocycles. The van der Waals surface area contributed by atoms with E-state index < -0.39 is 6.10 Å². The monoisotopic (exact) mass is 256 g/mol. The fraction of sp³-hybridized carbons (Fsp3) is 0.400. The SMILES string of the molecule is CC(O)C(C)Sc1nc2sccn2c1C=O. The summed E-state index contributed by atoms with van der Waals surface area (Å²) in [4.78, 5) is 16.2. The van der Waals surface area contributed by atoms with Crippen LogP contribution in [-0.4, -0.2) is 32.1 Å². The van der Waals surface area contributed by atoms with Crippen LogP contribution in [0.3, 0.4) is 0 Å². The predicted octanol–water partition coefficient (Wildman–Crippen LogP) is 2.07. The van der Waals surface area contributed by atoms with Crippen LogP contribution in [0.1, 0.15) is 24.3 Å². The number of aliphatic hydroxyl groups is 1. The molecule has 2 rings (SSSR count). The molecule has 6 heteroatoms. The van der Waals surface area contributed by atoms with Gasteiger partial charge in [-0.2, -0.15) is 0 Å². The summed E-state index contributed by atoms with van der Waals surface area (Å²) in [7, 11) is 0. The Balaban J connectivity index is 2.36. The van der Waals surface area contributed by atoms with E-state index in [4.69, 9.17) is 0 Å². The van der Waals surface area contributed by atoms with Crippen molar-refractivity contribution in [3.05, 3.63) is 17.3 Å². The lowest BCUT2D eigenvalue weighted by molar-refractivity contribution is 0.111. The molecule has 2 aromatic heterocycles. The van der Waals surface area contributed by atoms with Crippen LogP contribution in [0, 0.1) is 0 Å². The van der Waals surface area contributed by atoms with Crippen molar-refractivity contribution in [1.29, 1.82) is 0 Å². The summed E-state index contributed by atoms with van der Waals surface area (Å²) in [6.45, 7) is 3.65. The minimum atomic E-state index is -0.427. The molecule has 0 saturated carbocycles. The zero-order valence-corrected chi connectivity index (χ0v) is 10.6. The van der Waals surface area contributed by atoms with Gasteiger partial charge in [0.05, 0.1) is 6.10 Å². The number of carbonyl (C=O) groups is 1. The second kappa shape index (κ2) is 4.57. The van der Waals surface area contributed by atoms with Crippen molar-refractivity contribution in [3.8, 4) is 0 Å². The van der Waals surface area contributed by atoms with Crippen LogP contribution in [0.4, 0.5) is 0 Å². The normalized spacial score (nSPS) is 15.2. The molecule has 0 aliphatic rings. The Morgan fingerprint density at radius 3 is 3.00 bits per heavy atom. The van der Waals surface area contributed by atoms with E-state index in [9.17, 15) is 9.90 Å². The molecule has 2 heterocycles. The van der Waals surface area contributed by atoms with Gasteiger partial charge in [-0.15, -0.1) is 11.3 Å². The van der Waals surface area contributed by atoms with Crippen molar-refractivity contribution in [1.82, 2.24) is 9.38 Å². The second-order valence-corrected chi connectivity index (χ2v) is 5.78. The van der Waals surface area contributed by atoms with Gasteiger partial charge >= 0.3 is 0 Å². The molecule has 2 atom stereocenters. The molecule has 2 unspecified atom stereocenters. The third-order valence-corrected chi connectivity index (χ3v) is 4.40. The second-order valence-electron chi connectivity index (χ2n) is 3.54. The summed E-state index contributed by atoms with van der Waals surface area (Å²) in [5.74, 6) is 0. The number of nitrogens with zero attached hydrogens (tertiary/aromatic N) is 2. The zero-order chi connectivity index (χ0) is 11.7. The van der Waals surface area contributed by atoms with Crippen LogP contribution in [0.5, 0.6) is 0 Å². The lowest BCUT2D eigenvalue weighted by Crippen LogP contribution is -2.15. The average molecular weight is 256 g/mol. The number of aromatic nitrogens is 2. The van der Waals surface area contributed by atoms with Gasteiger partial charge in [0.2, 0.25) is 0 Å². The largest absolute Gasteiger partial charge is 0.392 e. The van der Waals surface area contributed by atoms with Gasteiger partial charge in [-0.05, 0) is 6.92 Å². The Morgan fingerprint density at radius 1 is 1.62 bits per heavy atom. The van der Waals surface area contributed by atoms with Crippen molar-refractivity contribution in [2.24, 2.45) is 0 Å². The minimum absolute atomic E-state index is 0.0170. The van der Waals surface area contributed by atoms with Crippen molar-refractivity contribution in [2.75, 3.05) is 0 Å². The first kappa shape index (κ1) is 11.6. The molecule has 0 bridgehead atoms. The van der Waals surface area contributed by atoms with Crippen molar-refractivity contribution in [2.45, 2.75) is 30.2 Å². The van der Waals surface area contributed by atoms with E-state index in [1.54, 1.807) is 11.3 Å². The minimum Gasteiger partial charge on any atom is -0.392 e. The highest BCUT2D eigenvalue weighted by atomic mass is 32.2. The van der Waals surface area contributed by atoms with Crippen LogP contribution in [0.15, 0.2) is 16.6 Å². The number of hydrogen-bond acceptors (Lipinski definition) is 5. The molecule has 0 aliphatic carbocycles. The summed E-state index contributed by atoms with van der Waals surface area (Å²) in [6, 6.07) is 0. The highest BCUT2D eigenvalue weighted by molar-refractivity contribution is 8.00. The van der Waals surface area contributed by atoms with Crippen molar-refractivity contribution in [3.63, 3.8) is 0 Å². The van der Waals surface area contributed by atoms with Crippen LogP contribution >= 0.6 is 23.1 Å². The first-order chi connectivity index (χ1) is 7.63. The topological polar surface area (TPSA) is 54.6 Å². The fourth-order valence-electron chi connectivity index (χ4n) is 1.25. The molecule has 86 valence electrons. The number of aldehydes is 1. The first-order valence-corrected chi connectivity index (χ1v) is 6.65. The van der Waals surface area contributed by atoms with Crippen LogP contribution in [0.2, 0.25) is 0 Å². The molecule has 0 spiro atoms. The number of fused-ring (bicyclic) bond motifs is 1. The standard InChI is InChI=1S/C10H12N2O2S2/c1-6(14)7(2)16-9-8(5-13)12-3-4-15-10(12)11-9/h3-7,14H,1-2H3. The summed E-state index contributed by atoms with van der Waals surface area (Å²) < 4.78 is 1.77. The zero-order valence-electron chi connectivity index (χ0n) is 8.95. The molecule has 0 radical (unpaired) electrons. The van der Waals surface area contributed by atoms with E-state index in [0.717, 1.165) is 11.2 Å². The molecular formula is C10H12N2O2S2. The van der Waals surface area contributed by atoms with Gasteiger partial charge in [0.1, 0.15) is 10.7 Å². The van der Waals surface area contributed by atoms with Crippen LogP contribution < -0.4 is 0 Å². The number of thiazole rings is 1. The fourth-order valence-corrected chi connectivity index (χ4v) is 2.99. The number of aliphatic hydroxyl groups excluding tert-OH is 1. The van der Waals surface area contributed by atoms with E-state index in [1.165, 1.54) is 23.1 Å². The summed E-state index contributed by atoms with van der Waals surface area (Å²) in [5.41, 5.74) is 0.564. The van der Waals surface area contributed by atoms with Gasteiger partial charge < -0.3 is 5.11 Å². The number of hydrogen-bond donors (Lipinski definition) is 1. The van der Waals surface area contributed by atoms with Gasteiger partial charge in [0, 0.05) is 16.8 Å². The Kier molecular flexibility index (Phi) is 3.32. The van der Waals surface area contributed by atoms with Crippen LogP contribution in [-0.2, 0) is 0 Å². The Bertz CT molecular complexity index is 504. The lowest BCUT2D eigenvalue weighted by atomic mass is 10.3. The van der Waals surface area contributed by atoms with E-state index in [2.05, 4.69) is 4.98 Å². The summed E-state index contributed by atoms with van der Waals surface area (Å²) >= 11 is 2.92. The molecular weight excluding hydrogens is 244 g/mol. The quantitative estimate of drug-likeness (QED) is 0.672. The maximum Gasteiger partial charge on any atom is 0.195 e. The van der Waals surface area contributed by atoms with E-state index in [0.29, 0.717) is 10.7 Å².